The van der Waals surface area contributed by atoms with Gasteiger partial charge in [0.2, 0.25) is 0 Å². The van der Waals surface area contributed by atoms with E-state index in [1.54, 1.807) is 0 Å². The molecule has 1 nitrogen and oxygen atoms in total. The van der Waals surface area contributed by atoms with E-state index in [9.17, 15) is 5.11 Å². The second-order valence-electron chi connectivity index (χ2n) is 3.96. The van der Waals surface area contributed by atoms with Crippen LogP contribution in [-0.4, -0.2) is 11.2 Å². The molecule has 0 bridgehead atoms. The molecule has 14 heavy (non-hydrogen) atoms. The molecule has 0 saturated heterocycles. The van der Waals surface area contributed by atoms with Crippen LogP contribution in [0, 0.1) is 5.92 Å². The Morgan fingerprint density at radius 2 is 1.93 bits per heavy atom. The van der Waals surface area contributed by atoms with Crippen LogP contribution in [-0.2, 0) is 6.42 Å². The van der Waals surface area contributed by atoms with Crippen LogP contribution in [0.15, 0.2) is 42.5 Å². The van der Waals surface area contributed by atoms with Gasteiger partial charge in [-0.25, -0.2) is 0 Å². The highest BCUT2D eigenvalue weighted by Crippen LogP contribution is 2.16. The summed E-state index contributed by atoms with van der Waals surface area (Å²) < 4.78 is 0. The summed E-state index contributed by atoms with van der Waals surface area (Å²) in [6, 6.07) is 10.2. The molecule has 0 spiro atoms. The van der Waals surface area contributed by atoms with E-state index in [0.29, 0.717) is 0 Å². The highest BCUT2D eigenvalue weighted by Gasteiger charge is 2.14. The minimum absolute atomic E-state index is 0.231. The number of hydrogen-bond donors (Lipinski definition) is 1. The average Bonchev–Trinajstić information content (AvgIpc) is 2.18. The summed E-state index contributed by atoms with van der Waals surface area (Å²) in [6.45, 7) is 7.68. The maximum atomic E-state index is 9.76. The third kappa shape index (κ3) is 3.00. The molecule has 76 valence electrons. The summed E-state index contributed by atoms with van der Waals surface area (Å²) in [5.41, 5.74) is 2.11. The summed E-state index contributed by atoms with van der Waals surface area (Å²) in [6.07, 6.45) is 0.504. The highest BCUT2D eigenvalue weighted by atomic mass is 16.3. The van der Waals surface area contributed by atoms with Crippen molar-refractivity contribution in [1.82, 2.24) is 0 Å². The summed E-state index contributed by atoms with van der Waals surface area (Å²) in [4.78, 5) is 0. The zero-order chi connectivity index (χ0) is 10.6. The standard InChI is InChI=1S/C13H18O/c1-10(2)13(14)11(3)9-12-7-5-4-6-8-12/h4-8,11,13-14H,1,9H2,2-3H3/t11-,13?/m1/s1. The molecule has 0 aromatic heterocycles. The normalized spacial score (nSPS) is 14.8. The van der Waals surface area contributed by atoms with Crippen molar-refractivity contribution in [3.05, 3.63) is 48.0 Å². The lowest BCUT2D eigenvalue weighted by Gasteiger charge is -2.18. The minimum atomic E-state index is -0.393. The first-order valence-electron chi connectivity index (χ1n) is 4.98. The Hall–Kier alpha value is -1.08. The van der Waals surface area contributed by atoms with Crippen molar-refractivity contribution in [3.8, 4) is 0 Å². The molecule has 1 N–H and O–H groups in total. The molecule has 0 fully saturated rings. The number of benzene rings is 1. The fourth-order valence-corrected chi connectivity index (χ4v) is 1.58. The maximum Gasteiger partial charge on any atom is 0.0773 e. The predicted octanol–water partition coefficient (Wildman–Crippen LogP) is 2.80. The molecule has 0 aliphatic rings. The molecule has 0 heterocycles. The van der Waals surface area contributed by atoms with Crippen LogP contribution in [0.1, 0.15) is 19.4 Å². The van der Waals surface area contributed by atoms with Gasteiger partial charge in [-0.2, -0.15) is 0 Å². The van der Waals surface area contributed by atoms with Crippen LogP contribution >= 0.6 is 0 Å². The van der Waals surface area contributed by atoms with Crippen LogP contribution in [0.2, 0.25) is 0 Å². The number of hydrogen-bond acceptors (Lipinski definition) is 1. The molecule has 0 amide bonds. The van der Waals surface area contributed by atoms with Gasteiger partial charge in [0.1, 0.15) is 0 Å². The number of aliphatic hydroxyl groups excluding tert-OH is 1. The second-order valence-corrected chi connectivity index (χ2v) is 3.96. The Morgan fingerprint density at radius 1 is 1.36 bits per heavy atom. The van der Waals surface area contributed by atoms with Crippen LogP contribution in [0.3, 0.4) is 0 Å². The molecular weight excluding hydrogens is 172 g/mol. The van der Waals surface area contributed by atoms with Crippen LogP contribution in [0.25, 0.3) is 0 Å². The van der Waals surface area contributed by atoms with E-state index in [0.717, 1.165) is 12.0 Å². The second kappa shape index (κ2) is 4.97. The van der Waals surface area contributed by atoms with Gasteiger partial charge in [-0.1, -0.05) is 49.4 Å². The summed E-state index contributed by atoms with van der Waals surface area (Å²) >= 11 is 0. The van der Waals surface area contributed by atoms with Gasteiger partial charge in [0.05, 0.1) is 6.10 Å². The first-order chi connectivity index (χ1) is 6.61. The lowest BCUT2D eigenvalue weighted by Crippen LogP contribution is -2.20. The monoisotopic (exact) mass is 190 g/mol. The van der Waals surface area contributed by atoms with Gasteiger partial charge in [0.15, 0.2) is 0 Å². The number of rotatable bonds is 4. The van der Waals surface area contributed by atoms with Gasteiger partial charge in [-0.15, -0.1) is 0 Å². The van der Waals surface area contributed by atoms with E-state index in [4.69, 9.17) is 0 Å². The van der Waals surface area contributed by atoms with Gasteiger partial charge in [0.25, 0.3) is 0 Å². The predicted molar refractivity (Wildman–Crippen MR) is 60.1 cm³/mol. The van der Waals surface area contributed by atoms with Crippen molar-refractivity contribution >= 4 is 0 Å². The first kappa shape index (κ1) is 11.0. The van der Waals surface area contributed by atoms with Crippen molar-refractivity contribution in [2.45, 2.75) is 26.4 Å². The zero-order valence-electron chi connectivity index (χ0n) is 8.90. The Morgan fingerprint density at radius 3 is 2.43 bits per heavy atom. The summed E-state index contributed by atoms with van der Waals surface area (Å²) in [5, 5.41) is 9.76. The van der Waals surface area contributed by atoms with Crippen molar-refractivity contribution in [1.29, 1.82) is 0 Å². The molecular formula is C13H18O. The lowest BCUT2D eigenvalue weighted by atomic mass is 9.92. The fourth-order valence-electron chi connectivity index (χ4n) is 1.58. The number of aliphatic hydroxyl groups is 1. The molecule has 0 aliphatic heterocycles. The van der Waals surface area contributed by atoms with Gasteiger partial charge in [0, 0.05) is 0 Å². The summed E-state index contributed by atoms with van der Waals surface area (Å²) in [7, 11) is 0. The van der Waals surface area contributed by atoms with E-state index in [1.807, 2.05) is 32.0 Å². The molecule has 2 atom stereocenters. The molecule has 0 saturated carbocycles. The third-order valence-electron chi connectivity index (χ3n) is 2.44. The van der Waals surface area contributed by atoms with Crippen molar-refractivity contribution in [2.24, 2.45) is 5.92 Å². The zero-order valence-corrected chi connectivity index (χ0v) is 8.90. The Balaban J connectivity index is 2.57. The van der Waals surface area contributed by atoms with E-state index in [2.05, 4.69) is 18.7 Å². The van der Waals surface area contributed by atoms with Crippen LogP contribution in [0.4, 0.5) is 0 Å². The molecule has 0 radical (unpaired) electrons. The largest absolute Gasteiger partial charge is 0.388 e. The Kier molecular flexibility index (Phi) is 3.90. The van der Waals surface area contributed by atoms with E-state index < -0.39 is 6.10 Å². The van der Waals surface area contributed by atoms with Gasteiger partial charge < -0.3 is 5.11 Å². The smallest absolute Gasteiger partial charge is 0.0773 e. The molecule has 1 aromatic rings. The van der Waals surface area contributed by atoms with E-state index >= 15 is 0 Å². The average molecular weight is 190 g/mol. The van der Waals surface area contributed by atoms with E-state index in [1.165, 1.54) is 5.56 Å². The molecule has 1 aromatic carbocycles. The van der Waals surface area contributed by atoms with Gasteiger partial charge >= 0.3 is 0 Å². The minimum Gasteiger partial charge on any atom is -0.388 e. The molecule has 0 aliphatic carbocycles. The summed E-state index contributed by atoms with van der Waals surface area (Å²) in [5.74, 6) is 0.231. The highest BCUT2D eigenvalue weighted by molar-refractivity contribution is 5.16. The van der Waals surface area contributed by atoms with Crippen LogP contribution in [0.5, 0.6) is 0 Å². The molecule has 1 unspecified atom stereocenters. The maximum absolute atomic E-state index is 9.76. The first-order valence-corrected chi connectivity index (χ1v) is 4.98. The van der Waals surface area contributed by atoms with Crippen LogP contribution < -0.4 is 0 Å². The van der Waals surface area contributed by atoms with E-state index in [-0.39, 0.29) is 5.92 Å². The molecule has 1 rings (SSSR count). The lowest BCUT2D eigenvalue weighted by molar-refractivity contribution is 0.151. The SMILES string of the molecule is C=C(C)C(O)[C@H](C)Cc1ccccc1. The quantitative estimate of drug-likeness (QED) is 0.724. The topological polar surface area (TPSA) is 20.2 Å². The van der Waals surface area contributed by atoms with Gasteiger partial charge in [-0.05, 0) is 24.8 Å². The van der Waals surface area contributed by atoms with Crippen molar-refractivity contribution in [2.75, 3.05) is 0 Å². The Bertz CT molecular complexity index is 289. The molecule has 1 heteroatoms. The van der Waals surface area contributed by atoms with Crippen molar-refractivity contribution < 1.29 is 5.11 Å². The fraction of sp³-hybridized carbons (Fsp3) is 0.385. The van der Waals surface area contributed by atoms with Gasteiger partial charge in [-0.3, -0.25) is 0 Å². The van der Waals surface area contributed by atoms with Crippen molar-refractivity contribution in [3.63, 3.8) is 0 Å². The third-order valence-corrected chi connectivity index (χ3v) is 2.44. The Labute approximate surface area is 86.1 Å².